The molecule has 19 heavy (non-hydrogen) atoms. The third kappa shape index (κ3) is 5.25. The van der Waals surface area contributed by atoms with Crippen molar-refractivity contribution in [2.45, 2.75) is 19.9 Å². The Hall–Kier alpha value is -2.30. The maximum absolute atomic E-state index is 11.5. The van der Waals surface area contributed by atoms with Gasteiger partial charge in [-0.05, 0) is 24.6 Å². The van der Waals surface area contributed by atoms with Gasteiger partial charge in [-0.1, -0.05) is 18.2 Å². The minimum Gasteiger partial charge on any atom is -0.335 e. The highest BCUT2D eigenvalue weighted by atomic mass is 16.2. The van der Waals surface area contributed by atoms with Gasteiger partial charge in [0.1, 0.15) is 0 Å². The number of anilines is 1. The van der Waals surface area contributed by atoms with Crippen LogP contribution in [-0.4, -0.2) is 18.5 Å². The molecule has 0 bridgehead atoms. The van der Waals surface area contributed by atoms with E-state index in [2.05, 4.69) is 22.5 Å². The van der Waals surface area contributed by atoms with Crippen LogP contribution in [0.3, 0.4) is 0 Å². The molecule has 3 N–H and O–H groups in total. The minimum atomic E-state index is -0.252. The average Bonchev–Trinajstić information content (AvgIpc) is 2.35. The topological polar surface area (TPSA) is 70.2 Å². The molecule has 1 atom stereocenters. The predicted octanol–water partition coefficient (Wildman–Crippen LogP) is 2.19. The highest BCUT2D eigenvalue weighted by Crippen LogP contribution is 2.17. The predicted molar refractivity (Wildman–Crippen MR) is 75.9 cm³/mol. The van der Waals surface area contributed by atoms with Crippen LogP contribution >= 0.6 is 0 Å². The summed E-state index contributed by atoms with van der Waals surface area (Å²) in [6, 6.07) is 6.95. The summed E-state index contributed by atoms with van der Waals surface area (Å²) in [5.41, 5.74) is 1.63. The van der Waals surface area contributed by atoms with Crippen molar-refractivity contribution in [2.24, 2.45) is 0 Å². The summed E-state index contributed by atoms with van der Waals surface area (Å²) < 4.78 is 0. The standard InChI is InChI=1S/C14H19N3O2/c1-4-8-15-14(19)16-10(2)12-6-5-7-13(9-12)17-11(3)18/h4-7,9-10H,1,8H2,2-3H3,(H,17,18)(H2,15,16,19). The quantitative estimate of drug-likeness (QED) is 0.711. The number of nitrogens with one attached hydrogen (secondary N) is 3. The fourth-order valence-corrected chi connectivity index (χ4v) is 1.58. The van der Waals surface area contributed by atoms with Crippen molar-refractivity contribution in [1.29, 1.82) is 0 Å². The highest BCUT2D eigenvalue weighted by Gasteiger charge is 2.09. The fourth-order valence-electron chi connectivity index (χ4n) is 1.58. The lowest BCUT2D eigenvalue weighted by Gasteiger charge is -2.15. The summed E-state index contributed by atoms with van der Waals surface area (Å²) >= 11 is 0. The number of hydrogen-bond acceptors (Lipinski definition) is 2. The molecular weight excluding hydrogens is 242 g/mol. The van der Waals surface area contributed by atoms with E-state index in [-0.39, 0.29) is 18.0 Å². The van der Waals surface area contributed by atoms with E-state index in [0.717, 1.165) is 5.56 Å². The van der Waals surface area contributed by atoms with Crippen LogP contribution in [0.2, 0.25) is 0 Å². The minimum absolute atomic E-state index is 0.124. The van der Waals surface area contributed by atoms with Crippen molar-refractivity contribution in [3.05, 3.63) is 42.5 Å². The number of carbonyl (C=O) groups is 2. The normalized spacial score (nSPS) is 11.3. The first-order valence-corrected chi connectivity index (χ1v) is 6.05. The van der Waals surface area contributed by atoms with Crippen LogP contribution in [0.15, 0.2) is 36.9 Å². The van der Waals surface area contributed by atoms with Gasteiger partial charge in [-0.3, -0.25) is 4.79 Å². The Bertz CT molecular complexity index is 472. The SMILES string of the molecule is C=CCNC(=O)NC(C)c1cccc(NC(C)=O)c1. The van der Waals surface area contributed by atoms with Crippen molar-refractivity contribution in [3.8, 4) is 0 Å². The maximum atomic E-state index is 11.5. The van der Waals surface area contributed by atoms with Crippen LogP contribution in [0.4, 0.5) is 10.5 Å². The van der Waals surface area contributed by atoms with Gasteiger partial charge < -0.3 is 16.0 Å². The molecule has 0 fully saturated rings. The molecule has 0 aliphatic heterocycles. The third-order valence-corrected chi connectivity index (χ3v) is 2.46. The second kappa shape index (κ2) is 7.20. The monoisotopic (exact) mass is 261 g/mol. The van der Waals surface area contributed by atoms with Gasteiger partial charge in [-0.2, -0.15) is 0 Å². The van der Waals surface area contributed by atoms with E-state index < -0.39 is 0 Å². The molecule has 0 aromatic heterocycles. The first-order chi connectivity index (χ1) is 9.02. The molecule has 0 heterocycles. The van der Waals surface area contributed by atoms with Crippen molar-refractivity contribution in [3.63, 3.8) is 0 Å². The van der Waals surface area contributed by atoms with Crippen LogP contribution in [0.1, 0.15) is 25.5 Å². The molecule has 1 aromatic rings. The lowest BCUT2D eigenvalue weighted by atomic mass is 10.1. The summed E-state index contributed by atoms with van der Waals surface area (Å²) in [5, 5.41) is 8.15. The van der Waals surface area contributed by atoms with Gasteiger partial charge in [0, 0.05) is 19.2 Å². The van der Waals surface area contributed by atoms with Gasteiger partial charge in [-0.25, -0.2) is 4.79 Å². The molecule has 1 rings (SSSR count). The zero-order chi connectivity index (χ0) is 14.3. The number of hydrogen-bond donors (Lipinski definition) is 3. The van der Waals surface area contributed by atoms with Gasteiger partial charge in [0.15, 0.2) is 0 Å². The lowest BCUT2D eigenvalue weighted by Crippen LogP contribution is -2.37. The second-order valence-corrected chi connectivity index (χ2v) is 4.17. The van der Waals surface area contributed by atoms with Crippen molar-refractivity contribution < 1.29 is 9.59 Å². The summed E-state index contributed by atoms with van der Waals surface area (Å²) in [7, 11) is 0. The van der Waals surface area contributed by atoms with Crippen molar-refractivity contribution >= 4 is 17.6 Å². The smallest absolute Gasteiger partial charge is 0.315 e. The Labute approximate surface area is 113 Å². The summed E-state index contributed by atoms with van der Waals surface area (Å²) in [6.45, 7) is 7.28. The Morgan fingerprint density at radius 3 is 2.79 bits per heavy atom. The van der Waals surface area contributed by atoms with Crippen LogP contribution in [0, 0.1) is 0 Å². The molecule has 0 aliphatic rings. The van der Waals surface area contributed by atoms with Gasteiger partial charge >= 0.3 is 6.03 Å². The van der Waals surface area contributed by atoms with Gasteiger partial charge in [0.2, 0.25) is 5.91 Å². The van der Waals surface area contributed by atoms with E-state index in [1.54, 1.807) is 12.1 Å². The number of urea groups is 1. The first kappa shape index (κ1) is 14.8. The molecule has 0 saturated carbocycles. The number of carbonyl (C=O) groups excluding carboxylic acids is 2. The van der Waals surface area contributed by atoms with Crippen LogP contribution in [0.25, 0.3) is 0 Å². The average molecular weight is 261 g/mol. The van der Waals surface area contributed by atoms with Crippen LogP contribution < -0.4 is 16.0 Å². The zero-order valence-electron chi connectivity index (χ0n) is 11.2. The molecule has 1 aromatic carbocycles. The Balaban J connectivity index is 2.65. The Morgan fingerprint density at radius 2 is 2.16 bits per heavy atom. The fraction of sp³-hybridized carbons (Fsp3) is 0.286. The van der Waals surface area contributed by atoms with Gasteiger partial charge in [-0.15, -0.1) is 6.58 Å². The molecule has 1 unspecified atom stereocenters. The zero-order valence-corrected chi connectivity index (χ0v) is 11.2. The molecule has 5 heteroatoms. The molecule has 0 radical (unpaired) electrons. The number of rotatable bonds is 5. The molecule has 0 aliphatic carbocycles. The van der Waals surface area contributed by atoms with Gasteiger partial charge in [0.05, 0.1) is 6.04 Å². The lowest BCUT2D eigenvalue weighted by molar-refractivity contribution is -0.114. The van der Waals surface area contributed by atoms with E-state index in [1.165, 1.54) is 6.92 Å². The first-order valence-electron chi connectivity index (χ1n) is 6.05. The Kier molecular flexibility index (Phi) is 5.60. The van der Waals surface area contributed by atoms with E-state index >= 15 is 0 Å². The second-order valence-electron chi connectivity index (χ2n) is 4.17. The maximum Gasteiger partial charge on any atom is 0.315 e. The largest absolute Gasteiger partial charge is 0.335 e. The summed E-state index contributed by atoms with van der Waals surface area (Å²) in [4.78, 5) is 22.5. The van der Waals surface area contributed by atoms with E-state index in [1.807, 2.05) is 25.1 Å². The van der Waals surface area contributed by atoms with Crippen molar-refractivity contribution in [2.75, 3.05) is 11.9 Å². The number of benzene rings is 1. The van der Waals surface area contributed by atoms with Crippen LogP contribution in [-0.2, 0) is 4.79 Å². The summed E-state index contributed by atoms with van der Waals surface area (Å²) in [5.74, 6) is -0.124. The molecule has 0 spiro atoms. The van der Waals surface area contributed by atoms with E-state index in [9.17, 15) is 9.59 Å². The van der Waals surface area contributed by atoms with Crippen molar-refractivity contribution in [1.82, 2.24) is 10.6 Å². The summed E-state index contributed by atoms with van der Waals surface area (Å²) in [6.07, 6.45) is 1.61. The van der Waals surface area contributed by atoms with Gasteiger partial charge in [0.25, 0.3) is 0 Å². The molecule has 102 valence electrons. The Morgan fingerprint density at radius 1 is 1.42 bits per heavy atom. The molecule has 3 amide bonds. The molecule has 5 nitrogen and oxygen atoms in total. The number of amides is 3. The van der Waals surface area contributed by atoms with E-state index in [4.69, 9.17) is 0 Å². The molecule has 0 saturated heterocycles. The van der Waals surface area contributed by atoms with E-state index in [0.29, 0.717) is 12.2 Å². The third-order valence-electron chi connectivity index (χ3n) is 2.46. The highest BCUT2D eigenvalue weighted by molar-refractivity contribution is 5.88. The van der Waals surface area contributed by atoms with Crippen LogP contribution in [0.5, 0.6) is 0 Å². The molecular formula is C14H19N3O2.